The Bertz CT molecular complexity index is 1190. The van der Waals surface area contributed by atoms with Crippen molar-refractivity contribution in [3.63, 3.8) is 0 Å². The average Bonchev–Trinajstić information content (AvgIpc) is 3.44. The van der Waals surface area contributed by atoms with E-state index in [-0.39, 0.29) is 17.6 Å². The standard InChI is InChI=1S/C25H29ClF3N5O3/c1-24(2,3)37-23(36)31-12-15-8-10-33(14-15)22-19(34-9-4-5-20(34)35)13-30-21(32-22)16-6-7-17(18(26)11-16)25(27,28)29/h6-7,11,13,15H,4-5,8-10,12,14H2,1-3H3,(H,31,36). The number of alkyl carbamates (subject to hydrolysis) is 1. The topological polar surface area (TPSA) is 87.7 Å². The van der Waals surface area contributed by atoms with Gasteiger partial charge in [0.25, 0.3) is 0 Å². The Balaban J connectivity index is 1.58. The van der Waals surface area contributed by atoms with Crippen molar-refractivity contribution in [3.8, 4) is 11.4 Å². The van der Waals surface area contributed by atoms with Gasteiger partial charge in [0.05, 0.1) is 16.8 Å². The van der Waals surface area contributed by atoms with Crippen molar-refractivity contribution in [2.45, 2.75) is 51.8 Å². The van der Waals surface area contributed by atoms with Crippen molar-refractivity contribution in [1.82, 2.24) is 15.3 Å². The predicted molar refractivity (Wildman–Crippen MR) is 134 cm³/mol. The van der Waals surface area contributed by atoms with Crippen LogP contribution in [-0.4, -0.2) is 53.7 Å². The number of rotatable bonds is 5. The molecule has 0 bridgehead atoms. The minimum absolute atomic E-state index is 0.0301. The fourth-order valence-electron chi connectivity index (χ4n) is 4.45. The number of hydrogen-bond acceptors (Lipinski definition) is 6. The van der Waals surface area contributed by atoms with Crippen molar-refractivity contribution in [3.05, 3.63) is 35.0 Å². The second-order valence-corrected chi connectivity index (χ2v) is 10.6. The zero-order valence-corrected chi connectivity index (χ0v) is 21.6. The van der Waals surface area contributed by atoms with Gasteiger partial charge < -0.3 is 19.9 Å². The molecule has 4 rings (SSSR count). The number of hydrogen-bond donors (Lipinski definition) is 1. The first kappa shape index (κ1) is 27.0. The highest BCUT2D eigenvalue weighted by Gasteiger charge is 2.34. The molecule has 0 aliphatic carbocycles. The Kier molecular flexibility index (Phi) is 7.55. The minimum atomic E-state index is -4.57. The third-order valence-electron chi connectivity index (χ3n) is 6.17. The van der Waals surface area contributed by atoms with E-state index < -0.39 is 28.5 Å². The second kappa shape index (κ2) is 10.4. The molecule has 0 spiro atoms. The summed E-state index contributed by atoms with van der Waals surface area (Å²) in [5, 5.41) is 2.36. The van der Waals surface area contributed by atoms with E-state index in [1.807, 2.05) is 4.90 Å². The smallest absolute Gasteiger partial charge is 0.417 e. The van der Waals surface area contributed by atoms with Crippen LogP contribution in [0.2, 0.25) is 5.02 Å². The lowest BCUT2D eigenvalue weighted by Gasteiger charge is -2.25. The summed E-state index contributed by atoms with van der Waals surface area (Å²) in [6, 6.07) is 3.39. The SMILES string of the molecule is CC(C)(C)OC(=O)NCC1CCN(c2nc(-c3ccc(C(F)(F)F)c(Cl)c3)ncc2N2CCCC2=O)C1. The van der Waals surface area contributed by atoms with Gasteiger partial charge in [-0.15, -0.1) is 0 Å². The van der Waals surface area contributed by atoms with Crippen LogP contribution in [0.3, 0.4) is 0 Å². The maximum atomic E-state index is 13.2. The third kappa shape index (κ3) is 6.44. The summed E-state index contributed by atoms with van der Waals surface area (Å²) in [6.07, 6.45) is -1.60. The van der Waals surface area contributed by atoms with Gasteiger partial charge in [-0.3, -0.25) is 4.79 Å². The van der Waals surface area contributed by atoms with Crippen molar-refractivity contribution in [2.24, 2.45) is 5.92 Å². The predicted octanol–water partition coefficient (Wildman–Crippen LogP) is 5.29. The summed E-state index contributed by atoms with van der Waals surface area (Å²) in [4.78, 5) is 37.3. The van der Waals surface area contributed by atoms with Gasteiger partial charge in [-0.2, -0.15) is 13.2 Å². The molecule has 8 nitrogen and oxygen atoms in total. The molecular formula is C25H29ClF3N5O3. The number of anilines is 2. The summed E-state index contributed by atoms with van der Waals surface area (Å²) in [7, 11) is 0. The highest BCUT2D eigenvalue weighted by atomic mass is 35.5. The fraction of sp³-hybridized carbons (Fsp3) is 0.520. The Morgan fingerprint density at radius 3 is 2.62 bits per heavy atom. The van der Waals surface area contributed by atoms with Crippen molar-refractivity contribution >= 4 is 35.1 Å². The van der Waals surface area contributed by atoms with Gasteiger partial charge in [-0.25, -0.2) is 14.8 Å². The Labute approximate surface area is 218 Å². The summed E-state index contributed by atoms with van der Waals surface area (Å²) in [5.41, 5.74) is -0.634. The van der Waals surface area contributed by atoms with Crippen molar-refractivity contribution < 1.29 is 27.5 Å². The molecule has 0 saturated carbocycles. The molecule has 1 N–H and O–H groups in total. The number of halogens is 4. The zero-order chi connectivity index (χ0) is 27.0. The summed E-state index contributed by atoms with van der Waals surface area (Å²) in [6.45, 7) is 7.52. The number of aromatic nitrogens is 2. The van der Waals surface area contributed by atoms with Crippen molar-refractivity contribution in [1.29, 1.82) is 0 Å². The monoisotopic (exact) mass is 539 g/mol. The number of nitrogens with one attached hydrogen (secondary N) is 1. The third-order valence-corrected chi connectivity index (χ3v) is 6.48. The molecule has 1 unspecified atom stereocenters. The maximum Gasteiger partial charge on any atom is 0.417 e. The molecule has 0 radical (unpaired) electrons. The first-order valence-electron chi connectivity index (χ1n) is 12.1. The zero-order valence-electron chi connectivity index (χ0n) is 20.9. The molecule has 37 heavy (non-hydrogen) atoms. The molecule has 2 saturated heterocycles. The molecule has 3 heterocycles. The molecule has 2 fully saturated rings. The molecule has 1 atom stereocenters. The fourth-order valence-corrected chi connectivity index (χ4v) is 4.74. The summed E-state index contributed by atoms with van der Waals surface area (Å²) in [5.74, 6) is 0.818. The molecule has 12 heteroatoms. The van der Waals surface area contributed by atoms with E-state index in [0.717, 1.165) is 18.9 Å². The number of ether oxygens (including phenoxy) is 1. The number of benzene rings is 1. The van der Waals surface area contributed by atoms with Gasteiger partial charge in [-0.1, -0.05) is 17.7 Å². The van der Waals surface area contributed by atoms with E-state index in [0.29, 0.717) is 49.7 Å². The van der Waals surface area contributed by atoms with E-state index in [1.54, 1.807) is 31.9 Å². The van der Waals surface area contributed by atoms with Gasteiger partial charge in [-0.05, 0) is 51.7 Å². The van der Waals surface area contributed by atoms with Crippen LogP contribution in [0.25, 0.3) is 11.4 Å². The molecule has 1 aromatic carbocycles. The van der Waals surface area contributed by atoms with Gasteiger partial charge in [0.1, 0.15) is 11.3 Å². The molecule has 2 aliphatic rings. The molecule has 2 aliphatic heterocycles. The highest BCUT2D eigenvalue weighted by molar-refractivity contribution is 6.31. The van der Waals surface area contributed by atoms with E-state index in [4.69, 9.17) is 16.3 Å². The van der Waals surface area contributed by atoms with Crippen LogP contribution < -0.4 is 15.1 Å². The van der Waals surface area contributed by atoms with E-state index in [2.05, 4.69) is 15.3 Å². The van der Waals surface area contributed by atoms with Crippen LogP contribution in [0, 0.1) is 5.92 Å². The molecule has 2 aromatic rings. The average molecular weight is 540 g/mol. The van der Waals surface area contributed by atoms with E-state index in [9.17, 15) is 22.8 Å². The van der Waals surface area contributed by atoms with Gasteiger partial charge in [0.15, 0.2) is 11.6 Å². The largest absolute Gasteiger partial charge is 0.444 e. The van der Waals surface area contributed by atoms with Crippen LogP contribution >= 0.6 is 11.6 Å². The first-order valence-corrected chi connectivity index (χ1v) is 12.5. The van der Waals surface area contributed by atoms with Crippen LogP contribution in [0.4, 0.5) is 29.5 Å². The van der Waals surface area contributed by atoms with Crippen LogP contribution in [0.15, 0.2) is 24.4 Å². The van der Waals surface area contributed by atoms with E-state index >= 15 is 0 Å². The van der Waals surface area contributed by atoms with Crippen LogP contribution in [-0.2, 0) is 15.7 Å². The number of alkyl halides is 3. The highest BCUT2D eigenvalue weighted by Crippen LogP contribution is 2.38. The second-order valence-electron chi connectivity index (χ2n) is 10.2. The Hall–Kier alpha value is -3.08. The Morgan fingerprint density at radius 2 is 2.00 bits per heavy atom. The van der Waals surface area contributed by atoms with E-state index in [1.165, 1.54) is 12.1 Å². The molecular weight excluding hydrogens is 511 g/mol. The molecule has 2 amide bonds. The molecule has 1 aromatic heterocycles. The number of carbonyl (C=O) groups excluding carboxylic acids is 2. The maximum absolute atomic E-state index is 13.2. The van der Waals surface area contributed by atoms with Crippen LogP contribution in [0.1, 0.15) is 45.6 Å². The summed E-state index contributed by atoms with van der Waals surface area (Å²) < 4.78 is 44.8. The number of nitrogens with zero attached hydrogens (tertiary/aromatic N) is 4. The van der Waals surface area contributed by atoms with Gasteiger partial charge in [0, 0.05) is 38.2 Å². The summed E-state index contributed by atoms with van der Waals surface area (Å²) >= 11 is 5.92. The van der Waals surface area contributed by atoms with Crippen molar-refractivity contribution in [2.75, 3.05) is 36.0 Å². The lowest BCUT2D eigenvalue weighted by molar-refractivity contribution is -0.137. The quantitative estimate of drug-likeness (QED) is 0.555. The van der Waals surface area contributed by atoms with Crippen LogP contribution in [0.5, 0.6) is 0 Å². The Morgan fingerprint density at radius 1 is 1.24 bits per heavy atom. The van der Waals surface area contributed by atoms with Gasteiger partial charge >= 0.3 is 12.3 Å². The lowest BCUT2D eigenvalue weighted by Crippen LogP contribution is -2.36. The normalized spacial score (nSPS) is 18.5. The number of carbonyl (C=O) groups is 2. The number of amides is 2. The minimum Gasteiger partial charge on any atom is -0.444 e. The first-order chi connectivity index (χ1) is 17.3. The van der Waals surface area contributed by atoms with Gasteiger partial charge in [0.2, 0.25) is 5.91 Å². The molecule has 200 valence electrons. The lowest BCUT2D eigenvalue weighted by atomic mass is 10.1.